The summed E-state index contributed by atoms with van der Waals surface area (Å²) in [4.78, 5) is 4.34. The molecular formula is C23H35N5O2. The number of benzene rings is 1. The molecule has 164 valence electrons. The Kier molecular flexibility index (Phi) is 8.71. The van der Waals surface area contributed by atoms with Crippen LogP contribution in [0.15, 0.2) is 35.3 Å². The van der Waals surface area contributed by atoms with Gasteiger partial charge in [-0.05, 0) is 56.7 Å². The fourth-order valence-electron chi connectivity index (χ4n) is 3.68. The highest BCUT2D eigenvalue weighted by Crippen LogP contribution is 2.17. The number of hydrogen-bond acceptors (Lipinski definition) is 4. The highest BCUT2D eigenvalue weighted by molar-refractivity contribution is 5.79. The number of hydrogen-bond donors (Lipinski definition) is 2. The zero-order valence-electron chi connectivity index (χ0n) is 18.5. The molecule has 0 unspecified atom stereocenters. The van der Waals surface area contributed by atoms with E-state index in [0.717, 1.165) is 75.3 Å². The topological polar surface area (TPSA) is 72.7 Å². The summed E-state index contributed by atoms with van der Waals surface area (Å²) in [6, 6.07) is 10.4. The Balaban J connectivity index is 1.41. The molecule has 3 rings (SSSR count). The lowest BCUT2D eigenvalue weighted by Crippen LogP contribution is -2.37. The van der Waals surface area contributed by atoms with Gasteiger partial charge in [0.15, 0.2) is 5.96 Å². The van der Waals surface area contributed by atoms with Crippen LogP contribution < -0.4 is 10.6 Å². The van der Waals surface area contributed by atoms with E-state index in [2.05, 4.69) is 51.9 Å². The smallest absolute Gasteiger partial charge is 0.191 e. The molecule has 1 aromatic heterocycles. The monoisotopic (exact) mass is 413 g/mol. The van der Waals surface area contributed by atoms with Crippen molar-refractivity contribution in [2.24, 2.45) is 10.9 Å². The zero-order chi connectivity index (χ0) is 21.2. The number of para-hydroxylation sites is 1. The second-order valence-electron chi connectivity index (χ2n) is 7.80. The summed E-state index contributed by atoms with van der Waals surface area (Å²) in [6.07, 6.45) is 3.19. The van der Waals surface area contributed by atoms with Crippen LogP contribution in [0.25, 0.3) is 5.69 Å². The number of nitrogens with one attached hydrogen (secondary N) is 2. The molecule has 0 saturated carbocycles. The van der Waals surface area contributed by atoms with Crippen molar-refractivity contribution < 1.29 is 9.47 Å². The van der Waals surface area contributed by atoms with E-state index in [9.17, 15) is 0 Å². The van der Waals surface area contributed by atoms with Crippen molar-refractivity contribution in [1.29, 1.82) is 0 Å². The summed E-state index contributed by atoms with van der Waals surface area (Å²) in [6.45, 7) is 8.96. The molecule has 30 heavy (non-hydrogen) atoms. The van der Waals surface area contributed by atoms with E-state index < -0.39 is 0 Å². The number of aromatic nitrogens is 2. The van der Waals surface area contributed by atoms with Crippen molar-refractivity contribution in [2.75, 3.05) is 40.0 Å². The first-order chi connectivity index (χ1) is 14.7. The number of guanidine groups is 1. The molecule has 0 atom stereocenters. The van der Waals surface area contributed by atoms with Crippen LogP contribution in [0.4, 0.5) is 0 Å². The van der Waals surface area contributed by atoms with E-state index in [-0.39, 0.29) is 0 Å². The van der Waals surface area contributed by atoms with Crippen LogP contribution in [0.3, 0.4) is 0 Å². The lowest BCUT2D eigenvalue weighted by Gasteiger charge is -2.21. The minimum absolute atomic E-state index is 0.656. The van der Waals surface area contributed by atoms with E-state index >= 15 is 0 Å². The van der Waals surface area contributed by atoms with Crippen LogP contribution in [0.5, 0.6) is 0 Å². The maximum Gasteiger partial charge on any atom is 0.191 e. The first-order valence-corrected chi connectivity index (χ1v) is 10.9. The van der Waals surface area contributed by atoms with E-state index in [1.165, 1.54) is 5.56 Å². The molecule has 2 heterocycles. The van der Waals surface area contributed by atoms with Gasteiger partial charge in [0.05, 0.1) is 11.4 Å². The molecule has 1 fully saturated rings. The fourth-order valence-corrected chi connectivity index (χ4v) is 3.68. The third-order valence-electron chi connectivity index (χ3n) is 5.35. The van der Waals surface area contributed by atoms with Gasteiger partial charge in [0.2, 0.25) is 0 Å². The lowest BCUT2D eigenvalue weighted by molar-refractivity contribution is 0.0203. The molecule has 1 aliphatic rings. The standard InChI is InChI=1S/C23H35N5O2/c1-18-15-19(2)28(27-18)22-8-5-4-7-21(22)16-26-23(24-3)25-11-6-12-30-17-20-9-13-29-14-10-20/h4-5,7-8,15,20H,6,9-14,16-17H2,1-3H3,(H2,24,25,26). The normalized spacial score (nSPS) is 15.4. The van der Waals surface area contributed by atoms with Gasteiger partial charge in [-0.15, -0.1) is 0 Å². The maximum absolute atomic E-state index is 5.83. The Hall–Kier alpha value is -2.38. The van der Waals surface area contributed by atoms with Crippen LogP contribution in [-0.2, 0) is 16.0 Å². The van der Waals surface area contributed by atoms with Crippen molar-refractivity contribution in [3.63, 3.8) is 0 Å². The first-order valence-electron chi connectivity index (χ1n) is 10.9. The summed E-state index contributed by atoms with van der Waals surface area (Å²) in [5.74, 6) is 1.45. The molecule has 2 aromatic rings. The van der Waals surface area contributed by atoms with E-state index in [1.807, 2.05) is 17.7 Å². The molecule has 2 N–H and O–H groups in total. The van der Waals surface area contributed by atoms with Crippen molar-refractivity contribution in [2.45, 2.75) is 39.7 Å². The van der Waals surface area contributed by atoms with Gasteiger partial charge in [-0.3, -0.25) is 4.99 Å². The molecule has 0 radical (unpaired) electrons. The van der Waals surface area contributed by atoms with Crippen LogP contribution in [0.2, 0.25) is 0 Å². The molecule has 1 saturated heterocycles. The van der Waals surface area contributed by atoms with Gasteiger partial charge in [-0.1, -0.05) is 18.2 Å². The van der Waals surface area contributed by atoms with Gasteiger partial charge in [0.1, 0.15) is 0 Å². The molecule has 7 heteroatoms. The van der Waals surface area contributed by atoms with Gasteiger partial charge in [0.25, 0.3) is 0 Å². The molecule has 1 aliphatic heterocycles. The SMILES string of the molecule is CN=C(NCCCOCC1CCOCC1)NCc1ccccc1-n1nc(C)cc1C. The van der Waals surface area contributed by atoms with Crippen molar-refractivity contribution >= 4 is 5.96 Å². The average molecular weight is 414 g/mol. The summed E-state index contributed by atoms with van der Waals surface area (Å²) >= 11 is 0. The number of aryl methyl sites for hydroxylation is 2. The van der Waals surface area contributed by atoms with Crippen LogP contribution in [-0.4, -0.2) is 55.8 Å². The second kappa shape index (κ2) is 11.7. The van der Waals surface area contributed by atoms with Gasteiger partial charge in [-0.25, -0.2) is 4.68 Å². The molecule has 1 aromatic carbocycles. The van der Waals surface area contributed by atoms with Crippen molar-refractivity contribution in [3.8, 4) is 5.69 Å². The largest absolute Gasteiger partial charge is 0.381 e. The number of nitrogens with zero attached hydrogens (tertiary/aromatic N) is 3. The highest BCUT2D eigenvalue weighted by atomic mass is 16.5. The summed E-state index contributed by atoms with van der Waals surface area (Å²) < 4.78 is 13.2. The van der Waals surface area contributed by atoms with Gasteiger partial charge >= 0.3 is 0 Å². The number of rotatable bonds is 9. The third kappa shape index (κ3) is 6.57. The van der Waals surface area contributed by atoms with E-state index in [0.29, 0.717) is 12.5 Å². The lowest BCUT2D eigenvalue weighted by atomic mass is 10.0. The quantitative estimate of drug-likeness (QED) is 0.376. The Morgan fingerprint density at radius 1 is 1.23 bits per heavy atom. The Labute approximate surface area is 179 Å². The second-order valence-corrected chi connectivity index (χ2v) is 7.80. The van der Waals surface area contributed by atoms with Gasteiger partial charge in [0, 0.05) is 52.3 Å². The molecule has 0 bridgehead atoms. The van der Waals surface area contributed by atoms with Crippen LogP contribution in [0.1, 0.15) is 36.2 Å². The highest BCUT2D eigenvalue weighted by Gasteiger charge is 2.13. The van der Waals surface area contributed by atoms with Gasteiger partial charge in [-0.2, -0.15) is 5.10 Å². The molecule has 7 nitrogen and oxygen atoms in total. The third-order valence-corrected chi connectivity index (χ3v) is 5.35. The number of ether oxygens (including phenoxy) is 2. The maximum atomic E-state index is 5.83. The zero-order valence-corrected chi connectivity index (χ0v) is 18.5. The first kappa shape index (κ1) is 22.3. The van der Waals surface area contributed by atoms with Gasteiger partial charge < -0.3 is 20.1 Å². The Bertz CT molecular complexity index is 812. The molecule has 0 spiro atoms. The van der Waals surface area contributed by atoms with E-state index in [1.54, 1.807) is 7.05 Å². The minimum atomic E-state index is 0.656. The number of aliphatic imine (C=N–C) groups is 1. The summed E-state index contributed by atoms with van der Waals surface area (Å²) in [5.41, 5.74) is 4.41. The van der Waals surface area contributed by atoms with Crippen LogP contribution in [0, 0.1) is 19.8 Å². The molecule has 0 amide bonds. The predicted octanol–water partition coefficient (Wildman–Crippen LogP) is 2.99. The Morgan fingerprint density at radius 3 is 2.77 bits per heavy atom. The predicted molar refractivity (Wildman–Crippen MR) is 120 cm³/mol. The Morgan fingerprint density at radius 2 is 2.03 bits per heavy atom. The molecule has 0 aliphatic carbocycles. The average Bonchev–Trinajstić information content (AvgIpc) is 3.11. The fraction of sp³-hybridized carbons (Fsp3) is 0.565. The summed E-state index contributed by atoms with van der Waals surface area (Å²) in [7, 11) is 1.80. The van der Waals surface area contributed by atoms with E-state index in [4.69, 9.17) is 9.47 Å². The minimum Gasteiger partial charge on any atom is -0.381 e. The van der Waals surface area contributed by atoms with Crippen molar-refractivity contribution in [1.82, 2.24) is 20.4 Å². The summed E-state index contributed by atoms with van der Waals surface area (Å²) in [5, 5.41) is 11.4. The molecular weight excluding hydrogens is 378 g/mol. The van der Waals surface area contributed by atoms with Crippen LogP contribution >= 0.6 is 0 Å². The van der Waals surface area contributed by atoms with Crippen molar-refractivity contribution in [3.05, 3.63) is 47.3 Å².